The molecule has 0 unspecified atom stereocenters. The molecule has 0 aliphatic carbocycles. The molecular formula is C9H10N2O4S. The van der Waals surface area contributed by atoms with Crippen LogP contribution in [0.2, 0.25) is 0 Å². The summed E-state index contributed by atoms with van der Waals surface area (Å²) < 4.78 is 28.5. The van der Waals surface area contributed by atoms with Gasteiger partial charge in [-0.1, -0.05) is 0 Å². The predicted molar refractivity (Wildman–Crippen MR) is 57.5 cm³/mol. The number of hydrogen-bond acceptors (Lipinski definition) is 4. The molecule has 0 fully saturated rings. The summed E-state index contributed by atoms with van der Waals surface area (Å²) in [6.07, 6.45) is 0. The van der Waals surface area contributed by atoms with Crippen molar-refractivity contribution in [2.24, 2.45) is 5.14 Å². The number of rotatable bonds is 2. The highest BCUT2D eigenvalue weighted by molar-refractivity contribution is 7.89. The first-order valence-corrected chi connectivity index (χ1v) is 6.14. The molecular weight excluding hydrogens is 232 g/mol. The molecule has 16 heavy (non-hydrogen) atoms. The Hall–Kier alpha value is -1.60. The van der Waals surface area contributed by atoms with Crippen LogP contribution in [-0.2, 0) is 16.6 Å². The molecule has 0 amide bonds. The maximum atomic E-state index is 11.3. The van der Waals surface area contributed by atoms with E-state index in [9.17, 15) is 13.2 Å². The van der Waals surface area contributed by atoms with Crippen molar-refractivity contribution in [3.63, 3.8) is 0 Å². The van der Waals surface area contributed by atoms with Crippen LogP contribution in [0.5, 0.6) is 0 Å². The summed E-state index contributed by atoms with van der Waals surface area (Å²) in [5.41, 5.74) is 0.776. The van der Waals surface area contributed by atoms with E-state index in [2.05, 4.69) is 0 Å². The smallest absolute Gasteiger partial charge is 0.408 e. The molecule has 1 aromatic carbocycles. The van der Waals surface area contributed by atoms with E-state index in [0.717, 1.165) is 0 Å². The Kier molecular flexibility index (Phi) is 2.36. The largest absolute Gasteiger partial charge is 0.419 e. The quantitative estimate of drug-likeness (QED) is 0.817. The number of primary sulfonamides is 1. The van der Waals surface area contributed by atoms with E-state index >= 15 is 0 Å². The van der Waals surface area contributed by atoms with E-state index in [1.54, 1.807) is 6.92 Å². The lowest BCUT2D eigenvalue weighted by atomic mass is 10.3. The predicted octanol–water partition coefficient (Wildman–Crippen LogP) is 0.262. The van der Waals surface area contributed by atoms with E-state index < -0.39 is 15.8 Å². The number of aryl methyl sites for hydroxylation is 1. The second-order valence-electron chi connectivity index (χ2n) is 3.29. The number of fused-ring (bicyclic) bond motifs is 1. The molecule has 2 N–H and O–H groups in total. The van der Waals surface area contributed by atoms with Gasteiger partial charge in [0.1, 0.15) is 0 Å². The van der Waals surface area contributed by atoms with Crippen molar-refractivity contribution in [1.82, 2.24) is 4.57 Å². The minimum absolute atomic E-state index is 0.0722. The maximum Gasteiger partial charge on any atom is 0.419 e. The molecule has 1 heterocycles. The molecule has 2 rings (SSSR count). The van der Waals surface area contributed by atoms with Crippen LogP contribution in [0.15, 0.2) is 32.3 Å². The van der Waals surface area contributed by atoms with Gasteiger partial charge in [-0.15, -0.1) is 0 Å². The molecule has 7 heteroatoms. The fourth-order valence-electron chi connectivity index (χ4n) is 1.52. The summed E-state index contributed by atoms with van der Waals surface area (Å²) in [5.74, 6) is -0.510. The van der Waals surface area contributed by atoms with Crippen molar-refractivity contribution in [2.75, 3.05) is 0 Å². The van der Waals surface area contributed by atoms with Crippen LogP contribution >= 0.6 is 0 Å². The monoisotopic (exact) mass is 242 g/mol. The van der Waals surface area contributed by atoms with E-state index in [1.165, 1.54) is 22.8 Å². The molecule has 0 aliphatic heterocycles. The Morgan fingerprint density at radius 1 is 1.44 bits per heavy atom. The van der Waals surface area contributed by atoms with Crippen molar-refractivity contribution in [1.29, 1.82) is 0 Å². The first-order chi connectivity index (χ1) is 7.43. The number of hydrogen-bond donors (Lipinski definition) is 1. The SMILES string of the molecule is CCn1c(=O)oc2cc(S(N)(=O)=O)ccc21. The molecule has 0 spiro atoms. The Bertz CT molecular complexity index is 696. The van der Waals surface area contributed by atoms with Gasteiger partial charge < -0.3 is 4.42 Å². The van der Waals surface area contributed by atoms with Crippen LogP contribution in [0.1, 0.15) is 6.92 Å². The molecule has 0 atom stereocenters. The van der Waals surface area contributed by atoms with Crippen LogP contribution in [-0.4, -0.2) is 13.0 Å². The highest BCUT2D eigenvalue weighted by atomic mass is 32.2. The zero-order chi connectivity index (χ0) is 11.9. The third-order valence-corrected chi connectivity index (χ3v) is 3.20. The van der Waals surface area contributed by atoms with Gasteiger partial charge in [-0.2, -0.15) is 0 Å². The van der Waals surface area contributed by atoms with Crippen molar-refractivity contribution < 1.29 is 12.8 Å². The average molecular weight is 242 g/mol. The number of aromatic nitrogens is 1. The second-order valence-corrected chi connectivity index (χ2v) is 4.85. The summed E-state index contributed by atoms with van der Waals surface area (Å²) in [4.78, 5) is 11.3. The summed E-state index contributed by atoms with van der Waals surface area (Å²) in [6.45, 7) is 2.25. The molecule has 86 valence electrons. The van der Waals surface area contributed by atoms with Crippen LogP contribution < -0.4 is 10.9 Å². The fourth-order valence-corrected chi connectivity index (χ4v) is 2.05. The molecule has 0 radical (unpaired) electrons. The lowest BCUT2D eigenvalue weighted by Crippen LogP contribution is -2.12. The third kappa shape index (κ3) is 1.63. The summed E-state index contributed by atoms with van der Waals surface area (Å²) in [5, 5.41) is 4.97. The summed E-state index contributed by atoms with van der Waals surface area (Å²) in [6, 6.07) is 4.10. The third-order valence-electron chi connectivity index (χ3n) is 2.28. The van der Waals surface area contributed by atoms with Gasteiger partial charge in [0.2, 0.25) is 10.0 Å². The van der Waals surface area contributed by atoms with Gasteiger partial charge in [-0.3, -0.25) is 4.57 Å². The maximum absolute atomic E-state index is 11.3. The standard InChI is InChI=1S/C9H10N2O4S/c1-2-11-7-4-3-6(16(10,13)14)5-8(7)15-9(11)12/h3-5H,2H2,1H3,(H2,10,13,14). The Morgan fingerprint density at radius 3 is 2.69 bits per heavy atom. The number of sulfonamides is 1. The number of nitrogens with two attached hydrogens (primary N) is 1. The highest BCUT2D eigenvalue weighted by Crippen LogP contribution is 2.17. The van der Waals surface area contributed by atoms with Gasteiger partial charge in [0.05, 0.1) is 10.4 Å². The van der Waals surface area contributed by atoms with Crippen LogP contribution in [0.25, 0.3) is 11.1 Å². The van der Waals surface area contributed by atoms with Crippen molar-refractivity contribution in [2.45, 2.75) is 18.4 Å². The minimum Gasteiger partial charge on any atom is -0.408 e. The first kappa shape index (κ1) is 10.9. The van der Waals surface area contributed by atoms with Gasteiger partial charge in [-0.25, -0.2) is 18.4 Å². The second kappa shape index (κ2) is 3.46. The molecule has 1 aromatic heterocycles. The highest BCUT2D eigenvalue weighted by Gasteiger charge is 2.13. The van der Waals surface area contributed by atoms with E-state index in [4.69, 9.17) is 9.56 Å². The number of oxazole rings is 1. The fraction of sp³-hybridized carbons (Fsp3) is 0.222. The van der Waals surface area contributed by atoms with Crippen LogP contribution in [0.3, 0.4) is 0 Å². The zero-order valence-electron chi connectivity index (χ0n) is 8.50. The van der Waals surface area contributed by atoms with E-state index in [1.807, 2.05) is 0 Å². The topological polar surface area (TPSA) is 95.3 Å². The Labute approximate surface area is 91.3 Å². The Balaban J connectivity index is 2.80. The lowest BCUT2D eigenvalue weighted by Gasteiger charge is -1.98. The van der Waals surface area contributed by atoms with Crippen molar-refractivity contribution in [3.8, 4) is 0 Å². The van der Waals surface area contributed by atoms with Gasteiger partial charge in [0.25, 0.3) is 0 Å². The Morgan fingerprint density at radius 2 is 2.12 bits per heavy atom. The van der Waals surface area contributed by atoms with Gasteiger partial charge >= 0.3 is 5.76 Å². The minimum atomic E-state index is -3.78. The molecule has 0 aliphatic rings. The van der Waals surface area contributed by atoms with E-state index in [0.29, 0.717) is 12.1 Å². The zero-order valence-corrected chi connectivity index (χ0v) is 9.32. The number of benzene rings is 1. The van der Waals surface area contributed by atoms with Gasteiger partial charge in [0.15, 0.2) is 5.58 Å². The summed E-state index contributed by atoms with van der Waals surface area (Å²) in [7, 11) is -3.78. The molecule has 6 nitrogen and oxygen atoms in total. The average Bonchev–Trinajstić information content (AvgIpc) is 2.50. The molecule has 2 aromatic rings. The molecule has 0 saturated carbocycles. The lowest BCUT2D eigenvalue weighted by molar-refractivity contribution is 0.512. The molecule has 0 bridgehead atoms. The summed E-state index contributed by atoms with van der Waals surface area (Å²) >= 11 is 0. The van der Waals surface area contributed by atoms with Gasteiger partial charge in [0, 0.05) is 12.6 Å². The van der Waals surface area contributed by atoms with Gasteiger partial charge in [-0.05, 0) is 19.1 Å². The first-order valence-electron chi connectivity index (χ1n) is 4.59. The number of nitrogens with zero attached hydrogens (tertiary/aromatic N) is 1. The normalized spacial score (nSPS) is 12.1. The van der Waals surface area contributed by atoms with Crippen LogP contribution in [0, 0.1) is 0 Å². The van der Waals surface area contributed by atoms with E-state index in [-0.39, 0.29) is 10.5 Å². The van der Waals surface area contributed by atoms with Crippen molar-refractivity contribution in [3.05, 3.63) is 28.7 Å². The van der Waals surface area contributed by atoms with Crippen LogP contribution in [0.4, 0.5) is 0 Å². The van der Waals surface area contributed by atoms with Crippen molar-refractivity contribution >= 4 is 21.1 Å². The molecule has 0 saturated heterocycles.